The highest BCUT2D eigenvalue weighted by Crippen LogP contribution is 2.21. The topological polar surface area (TPSA) is 69.2 Å². The molecular weight excluding hydrogens is 226 g/mol. The number of nitrogen functional groups attached to an aromatic ring is 1. The summed E-state index contributed by atoms with van der Waals surface area (Å²) in [5.41, 5.74) is 7.31. The van der Waals surface area contributed by atoms with E-state index in [2.05, 4.69) is 42.7 Å². The fraction of sp³-hybridized carbons (Fsp3) is 0.538. The fourth-order valence-corrected chi connectivity index (χ4v) is 2.19. The Bertz CT molecular complexity index is 402. The molecule has 5 nitrogen and oxygen atoms in total. The van der Waals surface area contributed by atoms with Crippen LogP contribution in [-0.4, -0.2) is 48.9 Å². The van der Waals surface area contributed by atoms with Gasteiger partial charge in [0.1, 0.15) is 5.84 Å². The average molecular weight is 249 g/mol. The highest BCUT2D eigenvalue weighted by atomic mass is 15.2. The van der Waals surface area contributed by atoms with Gasteiger partial charge >= 0.3 is 0 Å². The molecule has 0 spiro atoms. The van der Waals surface area contributed by atoms with Crippen molar-refractivity contribution in [2.45, 2.75) is 19.9 Å². The maximum Gasteiger partial charge on any atom is 0.125 e. The van der Waals surface area contributed by atoms with Gasteiger partial charge in [0, 0.05) is 30.9 Å². The number of likely N-dealkylation sites (N-methyl/N-ethyl adjacent to an activating group) is 2. The van der Waals surface area contributed by atoms with Gasteiger partial charge in [-0.15, -0.1) is 0 Å². The van der Waals surface area contributed by atoms with Crippen molar-refractivity contribution in [2.24, 2.45) is 5.73 Å². The summed E-state index contributed by atoms with van der Waals surface area (Å²) in [6, 6.07) is 2.13. The largest absolute Gasteiger partial charge is 0.384 e. The number of hydrogen-bond acceptors (Lipinski definition) is 4. The lowest BCUT2D eigenvalue weighted by Crippen LogP contribution is -2.41. The lowest BCUT2D eigenvalue weighted by atomic mass is 10.1. The van der Waals surface area contributed by atoms with E-state index in [0.29, 0.717) is 6.04 Å². The van der Waals surface area contributed by atoms with Crippen molar-refractivity contribution in [3.63, 3.8) is 0 Å². The molecule has 0 saturated heterocycles. The normalized spacial score (nSPS) is 12.5. The monoisotopic (exact) mass is 249 g/mol. The molecule has 100 valence electrons. The van der Waals surface area contributed by atoms with Crippen LogP contribution in [0.3, 0.4) is 0 Å². The number of rotatable bonds is 6. The van der Waals surface area contributed by atoms with Gasteiger partial charge in [0.25, 0.3) is 0 Å². The van der Waals surface area contributed by atoms with Crippen LogP contribution in [0.2, 0.25) is 0 Å². The molecule has 1 rings (SSSR count). The minimum absolute atomic E-state index is 0.0860. The van der Waals surface area contributed by atoms with Crippen molar-refractivity contribution in [1.29, 1.82) is 5.41 Å². The number of nitrogens with two attached hydrogens (primary N) is 1. The summed E-state index contributed by atoms with van der Waals surface area (Å²) in [7, 11) is 4.11. The molecule has 0 fully saturated rings. The van der Waals surface area contributed by atoms with Crippen LogP contribution in [-0.2, 0) is 0 Å². The van der Waals surface area contributed by atoms with E-state index < -0.39 is 0 Å². The second-order valence-electron chi connectivity index (χ2n) is 4.70. The summed E-state index contributed by atoms with van der Waals surface area (Å²) in [5, 5.41) is 7.64. The highest BCUT2D eigenvalue weighted by Gasteiger charge is 2.17. The molecule has 1 unspecified atom stereocenters. The standard InChI is InChI=1S/C13H23N5/c1-5-18(10(2)9-17(3)4)12-8-16-7-6-11(12)13(14)15/h6-8,10H,5,9H2,1-4H3,(H3,14,15). The summed E-state index contributed by atoms with van der Waals surface area (Å²) in [6.45, 7) is 6.07. The number of pyridine rings is 1. The number of nitrogens with zero attached hydrogens (tertiary/aromatic N) is 3. The van der Waals surface area contributed by atoms with Crippen molar-refractivity contribution < 1.29 is 0 Å². The SMILES string of the molecule is CCN(c1cnccc1C(=N)N)C(C)CN(C)C. The van der Waals surface area contributed by atoms with Crippen molar-refractivity contribution in [3.05, 3.63) is 24.0 Å². The third kappa shape index (κ3) is 3.43. The first-order chi connectivity index (χ1) is 8.47. The molecule has 0 radical (unpaired) electrons. The van der Waals surface area contributed by atoms with Crippen LogP contribution in [0, 0.1) is 5.41 Å². The highest BCUT2D eigenvalue weighted by molar-refractivity contribution is 6.00. The predicted octanol–water partition coefficient (Wildman–Crippen LogP) is 1.14. The van der Waals surface area contributed by atoms with Gasteiger partial charge < -0.3 is 15.5 Å². The van der Waals surface area contributed by atoms with Crippen LogP contribution < -0.4 is 10.6 Å². The summed E-state index contributed by atoms with van der Waals surface area (Å²) in [6.07, 6.45) is 3.46. The minimum atomic E-state index is 0.0860. The first-order valence-corrected chi connectivity index (χ1v) is 6.17. The number of hydrogen-bond donors (Lipinski definition) is 2. The summed E-state index contributed by atoms with van der Waals surface area (Å²) in [4.78, 5) is 8.53. The molecule has 18 heavy (non-hydrogen) atoms. The molecule has 0 aliphatic rings. The van der Waals surface area contributed by atoms with Gasteiger partial charge in [0.2, 0.25) is 0 Å². The molecule has 3 N–H and O–H groups in total. The van der Waals surface area contributed by atoms with Crippen LogP contribution >= 0.6 is 0 Å². The lowest BCUT2D eigenvalue weighted by Gasteiger charge is -2.33. The number of aromatic nitrogens is 1. The molecule has 0 saturated carbocycles. The van der Waals surface area contributed by atoms with E-state index in [1.807, 2.05) is 0 Å². The molecule has 0 aliphatic heterocycles. The van der Waals surface area contributed by atoms with E-state index >= 15 is 0 Å². The zero-order valence-electron chi connectivity index (χ0n) is 11.6. The van der Waals surface area contributed by atoms with E-state index in [0.717, 1.165) is 24.3 Å². The Morgan fingerprint density at radius 2 is 2.17 bits per heavy atom. The number of amidine groups is 1. The van der Waals surface area contributed by atoms with Crippen LogP contribution in [0.25, 0.3) is 0 Å². The third-order valence-corrected chi connectivity index (χ3v) is 2.90. The molecule has 1 atom stereocenters. The van der Waals surface area contributed by atoms with Crippen LogP contribution in [0.5, 0.6) is 0 Å². The predicted molar refractivity (Wildman–Crippen MR) is 76.3 cm³/mol. The van der Waals surface area contributed by atoms with Gasteiger partial charge in [0.15, 0.2) is 0 Å². The van der Waals surface area contributed by atoms with Gasteiger partial charge in [-0.25, -0.2) is 0 Å². The third-order valence-electron chi connectivity index (χ3n) is 2.90. The zero-order valence-corrected chi connectivity index (χ0v) is 11.6. The second-order valence-corrected chi connectivity index (χ2v) is 4.70. The van der Waals surface area contributed by atoms with Gasteiger partial charge in [-0.1, -0.05) is 0 Å². The molecule has 1 aromatic heterocycles. The van der Waals surface area contributed by atoms with Crippen molar-refractivity contribution >= 4 is 11.5 Å². The summed E-state index contributed by atoms with van der Waals surface area (Å²) < 4.78 is 0. The Morgan fingerprint density at radius 3 is 2.67 bits per heavy atom. The molecule has 1 heterocycles. The molecule has 0 bridgehead atoms. The summed E-state index contributed by atoms with van der Waals surface area (Å²) in [5.74, 6) is 0.0860. The van der Waals surface area contributed by atoms with E-state index in [1.165, 1.54) is 0 Å². The minimum Gasteiger partial charge on any atom is -0.384 e. The lowest BCUT2D eigenvalue weighted by molar-refractivity contribution is 0.373. The molecule has 5 heteroatoms. The molecule has 0 amide bonds. The van der Waals surface area contributed by atoms with Crippen LogP contribution in [0.1, 0.15) is 19.4 Å². The number of anilines is 1. The Hall–Kier alpha value is -1.62. The van der Waals surface area contributed by atoms with E-state index in [1.54, 1.807) is 18.5 Å². The fourth-order valence-electron chi connectivity index (χ4n) is 2.19. The molecule has 1 aromatic rings. The number of nitrogens with one attached hydrogen (secondary N) is 1. The van der Waals surface area contributed by atoms with E-state index in [-0.39, 0.29) is 5.84 Å². The quantitative estimate of drug-likeness (QED) is 0.586. The summed E-state index contributed by atoms with van der Waals surface area (Å²) >= 11 is 0. The smallest absolute Gasteiger partial charge is 0.125 e. The first kappa shape index (κ1) is 14.4. The van der Waals surface area contributed by atoms with Crippen molar-refractivity contribution in [2.75, 3.05) is 32.1 Å². The Balaban J connectivity index is 3.05. The van der Waals surface area contributed by atoms with Gasteiger partial charge in [-0.2, -0.15) is 0 Å². The van der Waals surface area contributed by atoms with Crippen LogP contribution in [0.15, 0.2) is 18.5 Å². The molecule has 0 aliphatic carbocycles. The molecular formula is C13H23N5. The van der Waals surface area contributed by atoms with Crippen molar-refractivity contribution in [1.82, 2.24) is 9.88 Å². The average Bonchev–Trinajstić information content (AvgIpc) is 2.29. The Kier molecular flexibility index (Phi) is 5.09. The van der Waals surface area contributed by atoms with Gasteiger partial charge in [-0.3, -0.25) is 10.4 Å². The zero-order chi connectivity index (χ0) is 13.7. The molecule has 0 aromatic carbocycles. The van der Waals surface area contributed by atoms with E-state index in [9.17, 15) is 0 Å². The van der Waals surface area contributed by atoms with Crippen LogP contribution in [0.4, 0.5) is 5.69 Å². The van der Waals surface area contributed by atoms with E-state index in [4.69, 9.17) is 11.1 Å². The Labute approximate surface area is 109 Å². The maximum atomic E-state index is 7.64. The Morgan fingerprint density at radius 1 is 1.50 bits per heavy atom. The first-order valence-electron chi connectivity index (χ1n) is 6.17. The maximum absolute atomic E-state index is 7.64. The van der Waals surface area contributed by atoms with Gasteiger partial charge in [-0.05, 0) is 34.0 Å². The van der Waals surface area contributed by atoms with Crippen molar-refractivity contribution in [3.8, 4) is 0 Å². The second kappa shape index (κ2) is 6.35. The van der Waals surface area contributed by atoms with Gasteiger partial charge in [0.05, 0.1) is 11.9 Å².